The molecule has 17 heteroatoms. The molecular weight excluding hydrogens is 456 g/mol. The number of hydrogen-bond acceptors (Lipinski definition) is 11. The topological polar surface area (TPSA) is 233 Å². The van der Waals surface area contributed by atoms with Crippen molar-refractivity contribution < 1.29 is 47.6 Å². The third-order valence-electron chi connectivity index (χ3n) is 3.38. The molecule has 2 rings (SSSR count). The van der Waals surface area contributed by atoms with Crippen LogP contribution in [0.5, 0.6) is 0 Å². The third-order valence-corrected chi connectivity index (χ3v) is 6.45. The Bertz CT molecular complexity index is 862. The summed E-state index contributed by atoms with van der Waals surface area (Å²) in [6, 6.07) is 1.48. The zero-order valence-corrected chi connectivity index (χ0v) is 17.4. The molecule has 1 saturated heterocycles. The standard InChI is InChI=1S/C12H18N2O11P2S.H3N/c1-2-5-28-8-3-4-14(12(17)13-8)11-10(16)9(15)7(24-11)6-23-27(21,22)25-26(18,19)20;/h2-4,7,9-11,15-16H,1,5-6H2,(H,21,22)(H2,18,19,20);1H3/t7-,9-,10-,11-;/m1./s1. The molecule has 0 radical (unpaired) electrons. The first-order valence-electron chi connectivity index (χ1n) is 7.52. The fraction of sp³-hybridized carbons (Fsp3) is 0.500. The van der Waals surface area contributed by atoms with Gasteiger partial charge in [0.2, 0.25) is 0 Å². The highest BCUT2D eigenvalue weighted by Crippen LogP contribution is 2.57. The van der Waals surface area contributed by atoms with E-state index in [1.165, 1.54) is 24.0 Å². The van der Waals surface area contributed by atoms with Crippen LogP contribution < -0.4 is 11.8 Å². The molecule has 1 unspecified atom stereocenters. The molecule has 8 N–H and O–H groups in total. The van der Waals surface area contributed by atoms with E-state index in [-0.39, 0.29) is 6.15 Å². The Labute approximate surface area is 168 Å². The molecule has 29 heavy (non-hydrogen) atoms. The maximum atomic E-state index is 12.1. The van der Waals surface area contributed by atoms with Crippen molar-refractivity contribution in [2.24, 2.45) is 0 Å². The monoisotopic (exact) mass is 477 g/mol. The lowest BCUT2D eigenvalue weighted by molar-refractivity contribution is -0.0543. The molecule has 0 aromatic carbocycles. The minimum Gasteiger partial charge on any atom is -0.387 e. The molecule has 1 aliphatic heterocycles. The van der Waals surface area contributed by atoms with Crippen LogP contribution >= 0.6 is 27.4 Å². The lowest BCUT2D eigenvalue weighted by Crippen LogP contribution is -2.36. The van der Waals surface area contributed by atoms with E-state index in [4.69, 9.17) is 14.5 Å². The number of nitrogens with zero attached hydrogens (tertiary/aromatic N) is 2. The van der Waals surface area contributed by atoms with Crippen molar-refractivity contribution in [1.29, 1.82) is 0 Å². The molecule has 166 valence electrons. The summed E-state index contributed by atoms with van der Waals surface area (Å²) in [4.78, 5) is 42.3. The Morgan fingerprint density at radius 1 is 1.31 bits per heavy atom. The smallest absolute Gasteiger partial charge is 0.387 e. The van der Waals surface area contributed by atoms with Crippen LogP contribution in [0.1, 0.15) is 6.23 Å². The van der Waals surface area contributed by atoms with Gasteiger partial charge in [0, 0.05) is 11.9 Å². The molecular formula is C12H21N3O11P2S. The van der Waals surface area contributed by atoms with Crippen LogP contribution in [0.2, 0.25) is 0 Å². The number of hydrogen-bond donors (Lipinski definition) is 6. The molecule has 0 aliphatic carbocycles. The van der Waals surface area contributed by atoms with Crippen molar-refractivity contribution in [3.63, 3.8) is 0 Å². The average Bonchev–Trinajstić information content (AvgIpc) is 2.84. The zero-order chi connectivity index (χ0) is 21.1. The van der Waals surface area contributed by atoms with E-state index in [1.54, 1.807) is 6.08 Å². The van der Waals surface area contributed by atoms with Crippen LogP contribution in [0.4, 0.5) is 0 Å². The quantitative estimate of drug-likeness (QED) is 0.114. The number of thioether (sulfide) groups is 1. The second-order valence-corrected chi connectivity index (χ2v) is 9.31. The van der Waals surface area contributed by atoms with E-state index in [0.29, 0.717) is 10.8 Å². The highest BCUT2D eigenvalue weighted by atomic mass is 32.2. The molecule has 1 fully saturated rings. The Morgan fingerprint density at radius 3 is 2.52 bits per heavy atom. The summed E-state index contributed by atoms with van der Waals surface area (Å²) in [5.74, 6) is 0.523. The molecule has 5 atom stereocenters. The first-order chi connectivity index (χ1) is 12.9. The summed E-state index contributed by atoms with van der Waals surface area (Å²) >= 11 is 1.25. The highest BCUT2D eigenvalue weighted by Gasteiger charge is 2.45. The van der Waals surface area contributed by atoms with Gasteiger partial charge >= 0.3 is 21.3 Å². The molecule has 0 bridgehead atoms. The number of phosphoric acid groups is 2. The first-order valence-corrected chi connectivity index (χ1v) is 11.5. The lowest BCUT2D eigenvalue weighted by atomic mass is 10.1. The average molecular weight is 477 g/mol. The normalized spacial score (nSPS) is 26.5. The van der Waals surface area contributed by atoms with E-state index >= 15 is 0 Å². The maximum absolute atomic E-state index is 12.1. The summed E-state index contributed by atoms with van der Waals surface area (Å²) in [6.07, 6.45) is -3.11. The molecule has 0 amide bonds. The van der Waals surface area contributed by atoms with E-state index in [9.17, 15) is 29.0 Å². The Balaban J connectivity index is 0.00000420. The second-order valence-electron chi connectivity index (χ2n) is 5.44. The lowest BCUT2D eigenvalue weighted by Gasteiger charge is -2.18. The molecule has 0 saturated carbocycles. The largest absolute Gasteiger partial charge is 0.481 e. The van der Waals surface area contributed by atoms with Crippen LogP contribution in [0.15, 0.2) is 34.7 Å². The molecule has 1 aromatic heterocycles. The summed E-state index contributed by atoms with van der Waals surface area (Å²) < 4.78 is 36.2. The maximum Gasteiger partial charge on any atom is 0.481 e. The van der Waals surface area contributed by atoms with Gasteiger partial charge in [0.25, 0.3) is 0 Å². The van der Waals surface area contributed by atoms with E-state index < -0.39 is 52.5 Å². The van der Waals surface area contributed by atoms with Crippen molar-refractivity contribution in [2.45, 2.75) is 29.6 Å². The number of aliphatic hydroxyl groups excluding tert-OH is 2. The van der Waals surface area contributed by atoms with Gasteiger partial charge < -0.3 is 35.8 Å². The molecule has 2 heterocycles. The van der Waals surface area contributed by atoms with Gasteiger partial charge in [-0.2, -0.15) is 9.29 Å². The van der Waals surface area contributed by atoms with Gasteiger partial charge in [-0.25, -0.2) is 13.9 Å². The molecule has 1 aliphatic rings. The third kappa shape index (κ3) is 7.36. The minimum absolute atomic E-state index is 0. The molecule has 14 nitrogen and oxygen atoms in total. The summed E-state index contributed by atoms with van der Waals surface area (Å²) in [6.45, 7) is 2.68. The Morgan fingerprint density at radius 2 is 1.97 bits per heavy atom. The molecule has 0 spiro atoms. The van der Waals surface area contributed by atoms with Crippen molar-refractivity contribution in [3.8, 4) is 0 Å². The van der Waals surface area contributed by atoms with Gasteiger partial charge in [-0.3, -0.25) is 9.09 Å². The van der Waals surface area contributed by atoms with Crippen LogP contribution in [0, 0.1) is 0 Å². The van der Waals surface area contributed by atoms with Gasteiger partial charge in [0.1, 0.15) is 23.3 Å². The van der Waals surface area contributed by atoms with E-state index in [2.05, 4.69) is 20.4 Å². The van der Waals surface area contributed by atoms with E-state index in [1.807, 2.05) is 0 Å². The fourth-order valence-corrected chi connectivity index (χ4v) is 4.43. The van der Waals surface area contributed by atoms with E-state index in [0.717, 1.165) is 4.57 Å². The van der Waals surface area contributed by atoms with Gasteiger partial charge in [-0.05, 0) is 6.07 Å². The number of aliphatic hydroxyl groups is 2. The summed E-state index contributed by atoms with van der Waals surface area (Å²) in [7, 11) is -10.5. The van der Waals surface area contributed by atoms with Gasteiger partial charge in [0.05, 0.1) is 6.61 Å². The number of ether oxygens (including phenoxy) is 1. The van der Waals surface area contributed by atoms with Crippen molar-refractivity contribution in [3.05, 3.63) is 35.4 Å². The Kier molecular flexibility index (Phi) is 9.36. The molecule has 1 aromatic rings. The van der Waals surface area contributed by atoms with Gasteiger partial charge in [-0.1, -0.05) is 6.08 Å². The van der Waals surface area contributed by atoms with Crippen LogP contribution in [-0.2, 0) is 22.7 Å². The van der Waals surface area contributed by atoms with Gasteiger partial charge in [0.15, 0.2) is 6.23 Å². The summed E-state index contributed by atoms with van der Waals surface area (Å²) in [5.41, 5.74) is -0.774. The number of rotatable bonds is 9. The fourth-order valence-electron chi connectivity index (χ4n) is 2.24. The first kappa shape index (κ1) is 26.1. The van der Waals surface area contributed by atoms with Crippen LogP contribution in [-0.4, -0.2) is 65.1 Å². The second kappa shape index (κ2) is 10.4. The highest BCUT2D eigenvalue weighted by molar-refractivity contribution is 7.99. The van der Waals surface area contributed by atoms with Crippen molar-refractivity contribution in [2.75, 3.05) is 12.4 Å². The number of phosphoric ester groups is 1. The SMILES string of the molecule is C=CCSc1ccn([C@@H]2O[C@H](COP(=O)(O)OP(=O)(O)O)[C@@H](O)[C@H]2O)c(=O)n1.N. The Hall–Kier alpha value is -0.930. The van der Waals surface area contributed by atoms with Crippen molar-refractivity contribution >= 4 is 27.4 Å². The predicted octanol–water partition coefficient (Wildman–Crippen LogP) is -0.471. The zero-order valence-electron chi connectivity index (χ0n) is 14.8. The minimum atomic E-state index is -5.31. The van der Waals surface area contributed by atoms with Crippen LogP contribution in [0.3, 0.4) is 0 Å². The number of aromatic nitrogens is 2. The predicted molar refractivity (Wildman–Crippen MR) is 99.3 cm³/mol. The van der Waals surface area contributed by atoms with Crippen LogP contribution in [0.25, 0.3) is 0 Å². The van der Waals surface area contributed by atoms with Crippen molar-refractivity contribution in [1.82, 2.24) is 15.7 Å². The summed E-state index contributed by atoms with van der Waals surface area (Å²) in [5, 5.41) is 20.5. The van der Waals surface area contributed by atoms with Gasteiger partial charge in [-0.15, -0.1) is 18.3 Å².